The summed E-state index contributed by atoms with van der Waals surface area (Å²) in [6.45, 7) is 4.38. The van der Waals surface area contributed by atoms with Crippen LogP contribution in [0.1, 0.15) is 45.1 Å². The summed E-state index contributed by atoms with van der Waals surface area (Å²) in [5.41, 5.74) is 0.903. The highest BCUT2D eigenvalue weighted by Gasteiger charge is 2.31. The molecule has 2 rings (SSSR count). The average Bonchev–Trinajstić information content (AvgIpc) is 2.70. The fourth-order valence-electron chi connectivity index (χ4n) is 3.73. The summed E-state index contributed by atoms with van der Waals surface area (Å²) in [4.78, 5) is 26.8. The molecule has 0 saturated heterocycles. The van der Waals surface area contributed by atoms with Gasteiger partial charge in [-0.15, -0.1) is 0 Å². The van der Waals surface area contributed by atoms with Gasteiger partial charge in [0.15, 0.2) is 0 Å². The van der Waals surface area contributed by atoms with Crippen LogP contribution in [0.3, 0.4) is 0 Å². The number of hydrogen-bond donors (Lipinski definition) is 0. The Morgan fingerprint density at radius 3 is 2.67 bits per heavy atom. The van der Waals surface area contributed by atoms with E-state index in [1.807, 2.05) is 36.1 Å². The van der Waals surface area contributed by atoms with Crippen LogP contribution >= 0.6 is 0 Å². The van der Waals surface area contributed by atoms with E-state index >= 15 is 0 Å². The van der Waals surface area contributed by atoms with Crippen LogP contribution in [-0.2, 0) is 14.3 Å². The van der Waals surface area contributed by atoms with Crippen LogP contribution in [-0.4, -0.2) is 43.6 Å². The molecule has 0 heterocycles. The molecule has 1 saturated carbocycles. The Labute approximate surface area is 162 Å². The molecular formula is C22H31NO4. The minimum atomic E-state index is -0.349. The van der Waals surface area contributed by atoms with Crippen molar-refractivity contribution in [3.63, 3.8) is 0 Å². The lowest BCUT2D eigenvalue weighted by molar-refractivity contribution is -0.146. The molecule has 0 spiro atoms. The Balaban J connectivity index is 2.18. The van der Waals surface area contributed by atoms with Gasteiger partial charge in [-0.1, -0.05) is 38.8 Å². The number of amides is 1. The Hall–Kier alpha value is -2.30. The van der Waals surface area contributed by atoms with Gasteiger partial charge in [-0.2, -0.15) is 0 Å². The maximum absolute atomic E-state index is 13.0. The third-order valence-corrected chi connectivity index (χ3v) is 5.34. The van der Waals surface area contributed by atoms with Crippen LogP contribution in [0, 0.1) is 11.8 Å². The van der Waals surface area contributed by atoms with E-state index in [-0.39, 0.29) is 23.8 Å². The molecule has 1 aliphatic rings. The molecule has 27 heavy (non-hydrogen) atoms. The summed E-state index contributed by atoms with van der Waals surface area (Å²) in [6, 6.07) is 7.73. The van der Waals surface area contributed by atoms with Gasteiger partial charge in [0, 0.05) is 18.7 Å². The quantitative estimate of drug-likeness (QED) is 0.537. The number of hydrogen-bond acceptors (Lipinski definition) is 4. The second-order valence-corrected chi connectivity index (χ2v) is 7.35. The molecular weight excluding hydrogens is 342 g/mol. The van der Waals surface area contributed by atoms with Crippen LogP contribution in [0.4, 0.5) is 0 Å². The predicted molar refractivity (Wildman–Crippen MR) is 106 cm³/mol. The van der Waals surface area contributed by atoms with E-state index in [1.165, 1.54) is 13.5 Å². The van der Waals surface area contributed by atoms with Crippen molar-refractivity contribution in [3.05, 3.63) is 35.9 Å². The smallest absolute Gasteiger partial charge is 0.310 e. The van der Waals surface area contributed by atoms with Crippen molar-refractivity contribution in [1.29, 1.82) is 0 Å². The molecule has 5 heteroatoms. The Kier molecular flexibility index (Phi) is 7.89. The van der Waals surface area contributed by atoms with Crippen LogP contribution in [0.5, 0.6) is 5.75 Å². The van der Waals surface area contributed by atoms with E-state index in [4.69, 9.17) is 9.47 Å². The van der Waals surface area contributed by atoms with E-state index in [9.17, 15) is 9.59 Å². The van der Waals surface area contributed by atoms with E-state index in [2.05, 4.69) is 6.92 Å². The Bertz CT molecular complexity index is 670. The molecule has 1 fully saturated rings. The van der Waals surface area contributed by atoms with Crippen LogP contribution in [0.25, 0.3) is 6.08 Å². The number of nitrogens with zero attached hydrogens (tertiary/aromatic N) is 1. The Morgan fingerprint density at radius 1 is 1.26 bits per heavy atom. The summed E-state index contributed by atoms with van der Waals surface area (Å²) < 4.78 is 10.1. The molecule has 0 aromatic heterocycles. The highest BCUT2D eigenvalue weighted by atomic mass is 16.5. The van der Waals surface area contributed by atoms with Crippen molar-refractivity contribution < 1.29 is 19.1 Å². The average molecular weight is 373 g/mol. The highest BCUT2D eigenvalue weighted by Crippen LogP contribution is 2.29. The topological polar surface area (TPSA) is 55.8 Å². The summed E-state index contributed by atoms with van der Waals surface area (Å²) >= 11 is 0. The largest absolute Gasteiger partial charge is 0.497 e. The number of benzene rings is 1. The van der Waals surface area contributed by atoms with Crippen molar-refractivity contribution in [2.24, 2.45) is 11.8 Å². The van der Waals surface area contributed by atoms with E-state index in [1.54, 1.807) is 19.3 Å². The SMILES string of the molecule is COC(=O)C(C)CN(C(=O)/C=C/c1cccc(OC)c1)C1CCCCC1C. The highest BCUT2D eigenvalue weighted by molar-refractivity contribution is 5.92. The normalized spacial score (nSPS) is 20.9. The first-order valence-electron chi connectivity index (χ1n) is 9.66. The number of carbonyl (C=O) groups excluding carboxylic acids is 2. The molecule has 0 aliphatic heterocycles. The molecule has 1 amide bonds. The van der Waals surface area contributed by atoms with Crippen LogP contribution in [0.15, 0.2) is 30.3 Å². The van der Waals surface area contributed by atoms with Gasteiger partial charge >= 0.3 is 5.97 Å². The second-order valence-electron chi connectivity index (χ2n) is 7.35. The van der Waals surface area contributed by atoms with Gasteiger partial charge in [0.05, 0.1) is 20.1 Å². The van der Waals surface area contributed by atoms with Crippen LogP contribution in [0.2, 0.25) is 0 Å². The van der Waals surface area contributed by atoms with Gasteiger partial charge in [0.1, 0.15) is 5.75 Å². The van der Waals surface area contributed by atoms with Gasteiger partial charge in [0.25, 0.3) is 0 Å². The number of carbonyl (C=O) groups is 2. The summed E-state index contributed by atoms with van der Waals surface area (Å²) in [6.07, 6.45) is 7.81. The molecule has 0 radical (unpaired) electrons. The zero-order chi connectivity index (χ0) is 19.8. The molecule has 3 unspecified atom stereocenters. The molecule has 0 bridgehead atoms. The minimum Gasteiger partial charge on any atom is -0.497 e. The molecule has 3 atom stereocenters. The lowest BCUT2D eigenvalue weighted by Gasteiger charge is -2.39. The summed E-state index contributed by atoms with van der Waals surface area (Å²) in [5, 5.41) is 0. The maximum atomic E-state index is 13.0. The molecule has 1 aromatic rings. The first-order valence-corrected chi connectivity index (χ1v) is 9.66. The molecule has 1 aromatic carbocycles. The molecule has 5 nitrogen and oxygen atoms in total. The number of ether oxygens (including phenoxy) is 2. The number of rotatable bonds is 7. The summed E-state index contributed by atoms with van der Waals surface area (Å²) in [7, 11) is 3.01. The maximum Gasteiger partial charge on any atom is 0.310 e. The van der Waals surface area contributed by atoms with E-state index in [0.29, 0.717) is 12.5 Å². The third-order valence-electron chi connectivity index (χ3n) is 5.34. The lowest BCUT2D eigenvalue weighted by Crippen LogP contribution is -2.47. The lowest BCUT2D eigenvalue weighted by atomic mass is 9.84. The molecule has 1 aliphatic carbocycles. The van der Waals surface area contributed by atoms with Gasteiger partial charge in [-0.25, -0.2) is 0 Å². The van der Waals surface area contributed by atoms with Crippen molar-refractivity contribution >= 4 is 18.0 Å². The van der Waals surface area contributed by atoms with Gasteiger partial charge in [-0.3, -0.25) is 9.59 Å². The molecule has 0 N–H and O–H groups in total. The zero-order valence-electron chi connectivity index (χ0n) is 16.8. The summed E-state index contributed by atoms with van der Waals surface area (Å²) in [5.74, 6) is 0.484. The van der Waals surface area contributed by atoms with Crippen molar-refractivity contribution in [2.75, 3.05) is 20.8 Å². The minimum absolute atomic E-state index is 0.0627. The first kappa shape index (κ1) is 21.0. The molecule has 148 valence electrons. The van der Waals surface area contributed by atoms with E-state index in [0.717, 1.165) is 30.6 Å². The van der Waals surface area contributed by atoms with Gasteiger partial charge < -0.3 is 14.4 Å². The van der Waals surface area contributed by atoms with Crippen molar-refractivity contribution in [2.45, 2.75) is 45.6 Å². The van der Waals surface area contributed by atoms with Crippen molar-refractivity contribution in [1.82, 2.24) is 4.90 Å². The van der Waals surface area contributed by atoms with Gasteiger partial charge in [-0.05, 0) is 42.5 Å². The fraction of sp³-hybridized carbons (Fsp3) is 0.545. The predicted octanol–water partition coefficient (Wildman–Crippen LogP) is 3.92. The fourth-order valence-corrected chi connectivity index (χ4v) is 3.73. The standard InChI is InChI=1S/C22H31NO4/c1-16-8-5-6-11-20(16)23(15-17(2)22(25)27-4)21(24)13-12-18-9-7-10-19(14-18)26-3/h7,9-10,12-14,16-17,20H,5-6,8,11,15H2,1-4H3/b13-12+. The van der Waals surface area contributed by atoms with Gasteiger partial charge in [0.2, 0.25) is 5.91 Å². The van der Waals surface area contributed by atoms with Crippen molar-refractivity contribution in [3.8, 4) is 5.75 Å². The second kappa shape index (κ2) is 10.1. The van der Waals surface area contributed by atoms with E-state index < -0.39 is 0 Å². The monoisotopic (exact) mass is 373 g/mol. The third kappa shape index (κ3) is 5.84. The van der Waals surface area contributed by atoms with Crippen LogP contribution < -0.4 is 4.74 Å². The zero-order valence-corrected chi connectivity index (χ0v) is 16.8. The number of methoxy groups -OCH3 is 2. The number of esters is 1. The first-order chi connectivity index (χ1) is 13.0. The Morgan fingerprint density at radius 2 is 2.00 bits per heavy atom.